The van der Waals surface area contributed by atoms with E-state index in [1.165, 1.54) is 12.8 Å². The van der Waals surface area contributed by atoms with Crippen molar-refractivity contribution in [2.24, 2.45) is 11.3 Å². The van der Waals surface area contributed by atoms with Crippen LogP contribution in [0.15, 0.2) is 48.8 Å². The van der Waals surface area contributed by atoms with Crippen LogP contribution in [-0.2, 0) is 4.79 Å². The zero-order valence-electron chi connectivity index (χ0n) is 17.8. The third-order valence-corrected chi connectivity index (χ3v) is 6.23. The van der Waals surface area contributed by atoms with Gasteiger partial charge in [-0.05, 0) is 62.6 Å². The average molecular weight is 408 g/mol. The molecule has 3 aliphatic rings. The third kappa shape index (κ3) is 3.62. The Morgan fingerprint density at radius 2 is 2.20 bits per heavy atom. The van der Waals surface area contributed by atoms with Gasteiger partial charge in [-0.3, -0.25) is 9.59 Å². The number of carbonyl (C=O) groups is 2. The van der Waals surface area contributed by atoms with Gasteiger partial charge in [0.1, 0.15) is 11.8 Å². The van der Waals surface area contributed by atoms with Gasteiger partial charge in [-0.25, -0.2) is 0 Å². The topological polar surface area (TPSA) is 70.7 Å². The first-order chi connectivity index (χ1) is 14.5. The second-order valence-corrected chi connectivity index (χ2v) is 8.39. The minimum absolute atomic E-state index is 0.0293. The van der Waals surface area contributed by atoms with E-state index in [-0.39, 0.29) is 17.9 Å². The molecule has 0 aromatic heterocycles. The summed E-state index contributed by atoms with van der Waals surface area (Å²) in [6.45, 7) is 5.20. The maximum atomic E-state index is 13.0. The van der Waals surface area contributed by atoms with Crippen LogP contribution in [0.2, 0.25) is 0 Å². The number of hydrogen-bond acceptors (Lipinski definition) is 4. The first-order valence-electron chi connectivity index (χ1n) is 10.5. The number of methoxy groups -OCH3 is 1. The molecular formula is C24H29N3O3. The van der Waals surface area contributed by atoms with Gasteiger partial charge in [-0.15, -0.1) is 0 Å². The molecule has 30 heavy (non-hydrogen) atoms. The highest BCUT2D eigenvalue weighted by molar-refractivity contribution is 5.98. The van der Waals surface area contributed by atoms with E-state index >= 15 is 0 Å². The molecule has 2 N–H and O–H groups in total. The molecule has 2 heterocycles. The predicted molar refractivity (Wildman–Crippen MR) is 117 cm³/mol. The minimum atomic E-state index is -0.528. The van der Waals surface area contributed by atoms with Crippen molar-refractivity contribution in [3.8, 4) is 5.75 Å². The molecule has 0 bridgehead atoms. The van der Waals surface area contributed by atoms with Crippen molar-refractivity contribution >= 4 is 17.4 Å². The van der Waals surface area contributed by atoms with Crippen molar-refractivity contribution in [2.45, 2.75) is 32.7 Å². The van der Waals surface area contributed by atoms with E-state index in [2.05, 4.69) is 10.6 Å². The number of fused-ring (bicyclic) bond motifs is 1. The SMILES string of the molecule is C/C=C/CN1C=C(c2cc(C(=O)NCC3CC3)ccc2OC)C2(C)C=CNC2C1=O. The Morgan fingerprint density at radius 1 is 1.40 bits per heavy atom. The van der Waals surface area contributed by atoms with E-state index in [4.69, 9.17) is 4.74 Å². The summed E-state index contributed by atoms with van der Waals surface area (Å²) in [6, 6.07) is 5.11. The highest BCUT2D eigenvalue weighted by Crippen LogP contribution is 2.47. The molecule has 1 saturated carbocycles. The third-order valence-electron chi connectivity index (χ3n) is 6.23. The molecule has 1 aromatic rings. The number of nitrogens with zero attached hydrogens (tertiary/aromatic N) is 1. The van der Waals surface area contributed by atoms with Gasteiger partial charge < -0.3 is 20.3 Å². The molecular weight excluding hydrogens is 378 g/mol. The smallest absolute Gasteiger partial charge is 0.251 e. The molecule has 2 aliphatic heterocycles. The summed E-state index contributed by atoms with van der Waals surface area (Å²) in [5, 5.41) is 6.24. The zero-order chi connectivity index (χ0) is 21.3. The normalized spacial score (nSPS) is 25.2. The fraction of sp³-hybridized carbons (Fsp3) is 0.417. The van der Waals surface area contributed by atoms with Gasteiger partial charge in [0.05, 0.1) is 7.11 Å². The number of hydrogen-bond donors (Lipinski definition) is 2. The van der Waals surface area contributed by atoms with Crippen LogP contribution in [0.1, 0.15) is 42.6 Å². The maximum Gasteiger partial charge on any atom is 0.251 e. The number of ether oxygens (including phenoxy) is 1. The van der Waals surface area contributed by atoms with E-state index in [0.717, 1.165) is 17.7 Å². The van der Waals surface area contributed by atoms with Crippen molar-refractivity contribution in [3.63, 3.8) is 0 Å². The monoisotopic (exact) mass is 407 g/mol. The Morgan fingerprint density at radius 3 is 2.90 bits per heavy atom. The largest absolute Gasteiger partial charge is 0.496 e. The van der Waals surface area contributed by atoms with Crippen LogP contribution >= 0.6 is 0 Å². The average Bonchev–Trinajstić information content (AvgIpc) is 3.50. The lowest BCUT2D eigenvalue weighted by Crippen LogP contribution is -2.52. The van der Waals surface area contributed by atoms with Gasteiger partial charge in [-0.2, -0.15) is 0 Å². The summed E-state index contributed by atoms with van der Waals surface area (Å²) in [4.78, 5) is 27.5. The van der Waals surface area contributed by atoms with Crippen LogP contribution < -0.4 is 15.4 Å². The second kappa shape index (κ2) is 8.01. The van der Waals surface area contributed by atoms with Crippen LogP contribution in [0.25, 0.3) is 5.57 Å². The van der Waals surface area contributed by atoms with Gasteiger partial charge in [0.25, 0.3) is 11.8 Å². The summed E-state index contributed by atoms with van der Waals surface area (Å²) >= 11 is 0. The number of carbonyl (C=O) groups excluding carboxylic acids is 2. The van der Waals surface area contributed by atoms with E-state index in [1.54, 1.807) is 18.1 Å². The summed E-state index contributed by atoms with van der Waals surface area (Å²) in [6.07, 6.45) is 12.0. The van der Waals surface area contributed by atoms with Crippen molar-refractivity contribution < 1.29 is 14.3 Å². The fourth-order valence-corrected chi connectivity index (χ4v) is 4.13. The standard InChI is InChI=1S/C24H29N3O3/c1-4-5-12-27-15-19(24(2)10-11-25-21(24)23(27)29)18-13-17(8-9-20(18)30-3)22(28)26-14-16-6-7-16/h4-5,8-11,13,15-16,21,25H,6-7,12,14H2,1-3H3,(H,26,28)/b5-4+. The summed E-state index contributed by atoms with van der Waals surface area (Å²) < 4.78 is 5.64. The highest BCUT2D eigenvalue weighted by Gasteiger charge is 2.48. The van der Waals surface area contributed by atoms with Crippen LogP contribution in [0, 0.1) is 11.3 Å². The first kappa shape index (κ1) is 20.3. The fourth-order valence-electron chi connectivity index (χ4n) is 4.13. The summed E-state index contributed by atoms with van der Waals surface area (Å²) in [5.74, 6) is 1.25. The van der Waals surface area contributed by atoms with Crippen LogP contribution in [0.4, 0.5) is 0 Å². The Bertz CT molecular complexity index is 945. The lowest BCUT2D eigenvalue weighted by atomic mass is 9.72. The molecule has 2 unspecified atom stereocenters. The van der Waals surface area contributed by atoms with Crippen molar-refractivity contribution in [1.29, 1.82) is 0 Å². The van der Waals surface area contributed by atoms with E-state index in [9.17, 15) is 9.59 Å². The molecule has 1 aliphatic carbocycles. The Hall–Kier alpha value is -3.02. The van der Waals surface area contributed by atoms with Crippen LogP contribution in [-0.4, -0.2) is 43.0 Å². The zero-order valence-corrected chi connectivity index (χ0v) is 17.8. The van der Waals surface area contributed by atoms with Gasteiger partial charge in [0.2, 0.25) is 0 Å². The Labute approximate surface area is 177 Å². The molecule has 1 aromatic carbocycles. The molecule has 158 valence electrons. The maximum absolute atomic E-state index is 13.0. The van der Waals surface area contributed by atoms with Gasteiger partial charge in [0, 0.05) is 35.8 Å². The molecule has 2 atom stereocenters. The van der Waals surface area contributed by atoms with E-state index in [0.29, 0.717) is 23.8 Å². The van der Waals surface area contributed by atoms with Gasteiger partial charge in [0.15, 0.2) is 0 Å². The van der Waals surface area contributed by atoms with Crippen LogP contribution in [0.3, 0.4) is 0 Å². The van der Waals surface area contributed by atoms with Gasteiger partial charge >= 0.3 is 0 Å². The molecule has 0 saturated heterocycles. The number of amides is 2. The predicted octanol–water partition coefficient (Wildman–Crippen LogP) is 3.09. The van der Waals surface area contributed by atoms with Gasteiger partial charge in [-0.1, -0.05) is 18.2 Å². The number of benzene rings is 1. The van der Waals surface area contributed by atoms with Crippen molar-refractivity contribution in [3.05, 3.63) is 60.0 Å². The summed E-state index contributed by atoms with van der Waals surface area (Å²) in [5.41, 5.74) is 1.85. The Balaban J connectivity index is 1.75. The molecule has 6 heteroatoms. The summed E-state index contributed by atoms with van der Waals surface area (Å²) in [7, 11) is 1.63. The molecule has 1 fully saturated rings. The molecule has 4 rings (SSSR count). The lowest BCUT2D eigenvalue weighted by Gasteiger charge is -2.40. The van der Waals surface area contributed by atoms with Crippen molar-refractivity contribution in [1.82, 2.24) is 15.5 Å². The highest BCUT2D eigenvalue weighted by atomic mass is 16.5. The molecule has 2 amide bonds. The second-order valence-electron chi connectivity index (χ2n) is 8.39. The van der Waals surface area contributed by atoms with Crippen LogP contribution in [0.5, 0.6) is 5.75 Å². The molecule has 0 spiro atoms. The lowest BCUT2D eigenvalue weighted by molar-refractivity contribution is -0.132. The van der Waals surface area contributed by atoms with Crippen molar-refractivity contribution in [2.75, 3.05) is 20.2 Å². The van der Waals surface area contributed by atoms with E-state index < -0.39 is 5.41 Å². The number of allylic oxidation sites excluding steroid dienone is 1. The van der Waals surface area contributed by atoms with E-state index in [1.807, 2.05) is 56.6 Å². The number of nitrogens with one attached hydrogen (secondary N) is 2. The Kier molecular flexibility index (Phi) is 5.41. The first-order valence-corrected chi connectivity index (χ1v) is 10.5. The minimum Gasteiger partial charge on any atom is -0.496 e. The quantitative estimate of drug-likeness (QED) is 0.682. The molecule has 0 radical (unpaired) electrons. The number of rotatable bonds is 7. The molecule has 6 nitrogen and oxygen atoms in total.